The fourth-order valence-corrected chi connectivity index (χ4v) is 13.7. The van der Waals surface area contributed by atoms with E-state index in [9.17, 15) is 24.3 Å². The summed E-state index contributed by atoms with van der Waals surface area (Å²) in [5, 5.41) is 11.9. The van der Waals surface area contributed by atoms with Crippen LogP contribution in [0.25, 0.3) is 0 Å². The van der Waals surface area contributed by atoms with Crippen LogP contribution in [0.1, 0.15) is 138 Å². The maximum absolute atomic E-state index is 12.8. The van der Waals surface area contributed by atoms with Gasteiger partial charge in [-0.25, -0.2) is 0 Å². The number of rotatable bonds is 3. The van der Waals surface area contributed by atoms with Crippen molar-refractivity contribution in [2.24, 2.45) is 51.2 Å². The number of hydrogen-bond donors (Lipinski definition) is 1. The van der Waals surface area contributed by atoms with E-state index in [0.717, 1.165) is 63.4 Å². The Morgan fingerprint density at radius 3 is 2.20 bits per heavy atom. The zero-order valence-corrected chi connectivity index (χ0v) is 31.4. The first-order valence-corrected chi connectivity index (χ1v) is 19.8. The third kappa shape index (κ3) is 4.93. The minimum absolute atomic E-state index is 0.0668. The van der Waals surface area contributed by atoms with Crippen LogP contribution >= 0.6 is 11.6 Å². The third-order valence-electron chi connectivity index (χ3n) is 16.6. The predicted molar refractivity (Wildman–Crippen MR) is 193 cm³/mol. The van der Waals surface area contributed by atoms with E-state index in [2.05, 4.69) is 33.8 Å². The molecule has 0 aliphatic heterocycles. The van der Waals surface area contributed by atoms with Crippen LogP contribution in [0, 0.1) is 51.2 Å². The van der Waals surface area contributed by atoms with Gasteiger partial charge in [-0.2, -0.15) is 0 Å². The maximum atomic E-state index is 12.8. The molecule has 0 amide bonds. The molecule has 4 saturated carbocycles. The largest absolute Gasteiger partial charge is 0.382 e. The van der Waals surface area contributed by atoms with Crippen molar-refractivity contribution in [1.29, 1.82) is 0 Å². The lowest BCUT2D eigenvalue weighted by molar-refractivity contribution is -0.156. The molecule has 8 rings (SSSR count). The smallest absolute Gasteiger partial charge is 0.161 e. The highest BCUT2D eigenvalue weighted by molar-refractivity contribution is 6.32. The Balaban J connectivity index is 0.000000154. The standard InChI is InChI=1S/C22H30O2.C21H27ClO3/c1-4-20(24)22(3)12-10-19-18-7-5-14-13-15(23)6-8-16(14)17(18)9-11-21(19,22)2;1-12(23)21(25)9-6-16-14-11-18(22)17-10-13(24)4-7-19(17,2)15(14)5-8-20(16,21)3/h13,18-19H,4-12H2,1-3H3;10-11,14-16,25H,4-9H2,1-3H3/t18-,19+,21+,22-;14-,15+,16+,19-,20+,21+/m11/s1. The minimum Gasteiger partial charge on any atom is -0.382 e. The summed E-state index contributed by atoms with van der Waals surface area (Å²) in [5.41, 5.74) is 3.93. The zero-order chi connectivity index (χ0) is 35.3. The number of ketones is 4. The number of hydrogen-bond acceptors (Lipinski definition) is 5. The molecule has 5 nitrogen and oxygen atoms in total. The highest BCUT2D eigenvalue weighted by Gasteiger charge is 2.65. The number of carbonyl (C=O) groups is 4. The Morgan fingerprint density at radius 1 is 0.796 bits per heavy atom. The van der Waals surface area contributed by atoms with E-state index < -0.39 is 5.60 Å². The molecule has 0 heterocycles. The van der Waals surface area contributed by atoms with Gasteiger partial charge >= 0.3 is 0 Å². The first kappa shape index (κ1) is 35.3. The van der Waals surface area contributed by atoms with E-state index in [1.165, 1.54) is 30.9 Å². The lowest BCUT2D eigenvalue weighted by atomic mass is 9.48. The van der Waals surface area contributed by atoms with E-state index in [1.807, 2.05) is 13.0 Å². The van der Waals surface area contributed by atoms with Crippen molar-refractivity contribution < 1.29 is 24.3 Å². The number of allylic oxidation sites excluding steroid dienone is 8. The summed E-state index contributed by atoms with van der Waals surface area (Å²) in [6.45, 7) is 12.6. The fraction of sp³-hybridized carbons (Fsp3) is 0.721. The second-order valence-corrected chi connectivity index (χ2v) is 18.5. The molecule has 6 heteroatoms. The Kier molecular flexibility index (Phi) is 8.62. The molecule has 49 heavy (non-hydrogen) atoms. The molecule has 0 radical (unpaired) electrons. The van der Waals surface area contributed by atoms with Crippen LogP contribution in [0.15, 0.2) is 45.6 Å². The molecule has 4 fully saturated rings. The highest BCUT2D eigenvalue weighted by Crippen LogP contribution is 2.68. The number of Topliss-reactive ketones (excluding diaryl/α,β-unsaturated/α-hetero) is 2. The average molecular weight is 689 g/mol. The summed E-state index contributed by atoms with van der Waals surface area (Å²) in [7, 11) is 0. The highest BCUT2D eigenvalue weighted by atomic mass is 35.5. The van der Waals surface area contributed by atoms with Gasteiger partial charge in [0, 0.05) is 35.1 Å². The monoisotopic (exact) mass is 688 g/mol. The molecule has 0 aromatic carbocycles. The molecule has 0 aromatic rings. The lowest BCUT2D eigenvalue weighted by Gasteiger charge is -2.57. The molecule has 0 unspecified atom stereocenters. The van der Waals surface area contributed by atoms with Crippen molar-refractivity contribution in [3.05, 3.63) is 45.6 Å². The normalized spacial score (nSPS) is 45.2. The van der Waals surface area contributed by atoms with E-state index in [1.54, 1.807) is 11.6 Å². The van der Waals surface area contributed by atoms with E-state index in [-0.39, 0.29) is 45.1 Å². The van der Waals surface area contributed by atoms with Crippen molar-refractivity contribution in [3.63, 3.8) is 0 Å². The van der Waals surface area contributed by atoms with Gasteiger partial charge in [-0.3, -0.25) is 19.2 Å². The first-order valence-electron chi connectivity index (χ1n) is 19.4. The van der Waals surface area contributed by atoms with Crippen LogP contribution in [0.2, 0.25) is 0 Å². The second kappa shape index (κ2) is 12.0. The van der Waals surface area contributed by atoms with Crippen LogP contribution in [0.4, 0.5) is 0 Å². The number of fused-ring (bicyclic) bond motifs is 9. The summed E-state index contributed by atoms with van der Waals surface area (Å²) >= 11 is 6.65. The molecular weight excluding hydrogens is 632 g/mol. The molecule has 10 atom stereocenters. The third-order valence-corrected chi connectivity index (χ3v) is 16.9. The molecule has 0 saturated heterocycles. The van der Waals surface area contributed by atoms with Crippen molar-refractivity contribution >= 4 is 34.7 Å². The molecule has 266 valence electrons. The lowest BCUT2D eigenvalue weighted by Crippen LogP contribution is -2.56. The topological polar surface area (TPSA) is 88.5 Å². The molecule has 0 spiro atoms. The van der Waals surface area contributed by atoms with Gasteiger partial charge in [-0.1, -0.05) is 57.9 Å². The quantitative estimate of drug-likeness (QED) is 0.319. The number of halogens is 1. The van der Waals surface area contributed by atoms with Crippen molar-refractivity contribution in [2.75, 3.05) is 0 Å². The Morgan fingerprint density at radius 2 is 1.49 bits per heavy atom. The number of carbonyl (C=O) groups excluding carboxylic acids is 4. The first-order chi connectivity index (χ1) is 23.0. The van der Waals surface area contributed by atoms with Crippen molar-refractivity contribution in [2.45, 2.75) is 143 Å². The average Bonchev–Trinajstić information content (AvgIpc) is 3.52. The molecule has 8 aliphatic carbocycles. The Bertz CT molecular complexity index is 1630. The van der Waals surface area contributed by atoms with Gasteiger partial charge in [0.25, 0.3) is 0 Å². The summed E-state index contributed by atoms with van der Waals surface area (Å²) in [6, 6.07) is 0. The Hall–Kier alpha value is -2.11. The maximum Gasteiger partial charge on any atom is 0.161 e. The van der Waals surface area contributed by atoms with Crippen LogP contribution in [0.3, 0.4) is 0 Å². The number of aliphatic hydroxyl groups is 1. The van der Waals surface area contributed by atoms with Gasteiger partial charge in [0.2, 0.25) is 0 Å². The molecule has 0 bridgehead atoms. The van der Waals surface area contributed by atoms with Crippen molar-refractivity contribution in [3.8, 4) is 0 Å². The van der Waals surface area contributed by atoms with Crippen LogP contribution in [-0.4, -0.2) is 33.8 Å². The fourth-order valence-electron chi connectivity index (χ4n) is 13.3. The minimum atomic E-state index is -1.21. The Labute approximate surface area is 298 Å². The molecular formula is C43H57ClO5. The van der Waals surface area contributed by atoms with Gasteiger partial charge in [0.05, 0.1) is 0 Å². The predicted octanol–water partition coefficient (Wildman–Crippen LogP) is 9.36. The van der Waals surface area contributed by atoms with Crippen molar-refractivity contribution in [1.82, 2.24) is 0 Å². The summed E-state index contributed by atoms with van der Waals surface area (Å²) in [5.74, 6) is 3.16. The van der Waals surface area contributed by atoms with Gasteiger partial charge in [-0.05, 0) is 153 Å². The molecule has 8 aliphatic rings. The molecule has 1 N–H and O–H groups in total. The SMILES string of the molecule is CC(=O)[C@@]1(O)CC[C@H]2[C@@H]3C=C(Cl)C4=CC(=O)CC[C@]4(C)[C@H]3CC[C@@]21C.CCC(=O)[C@@]1(C)CC[C@H]2[C@@H]3CCC4=CC(=O)CCC4=C3CC[C@@]21C. The van der Waals surface area contributed by atoms with Gasteiger partial charge in [0.15, 0.2) is 17.3 Å². The molecule has 0 aromatic heterocycles. The van der Waals surface area contributed by atoms with Crippen LogP contribution in [-0.2, 0) is 19.2 Å². The van der Waals surface area contributed by atoms with Crippen LogP contribution < -0.4 is 0 Å². The summed E-state index contributed by atoms with van der Waals surface area (Å²) in [4.78, 5) is 48.7. The van der Waals surface area contributed by atoms with Gasteiger partial charge in [-0.15, -0.1) is 0 Å². The van der Waals surface area contributed by atoms with Gasteiger partial charge in [0.1, 0.15) is 11.4 Å². The zero-order valence-electron chi connectivity index (χ0n) is 30.7. The second-order valence-electron chi connectivity index (χ2n) is 18.1. The van der Waals surface area contributed by atoms with E-state index >= 15 is 0 Å². The summed E-state index contributed by atoms with van der Waals surface area (Å²) in [6.07, 6.45) is 19.7. The van der Waals surface area contributed by atoms with Gasteiger partial charge < -0.3 is 5.11 Å². The van der Waals surface area contributed by atoms with E-state index in [0.29, 0.717) is 60.0 Å². The van der Waals surface area contributed by atoms with E-state index in [4.69, 9.17) is 11.6 Å². The summed E-state index contributed by atoms with van der Waals surface area (Å²) < 4.78 is 0. The van der Waals surface area contributed by atoms with Crippen LogP contribution in [0.5, 0.6) is 0 Å².